The smallest absolute Gasteiger partial charge is 0.250 e. The molecule has 23 heavy (non-hydrogen) atoms. The van der Waals surface area contributed by atoms with Crippen molar-refractivity contribution < 1.29 is 4.79 Å². The molecular weight excluding hydrogens is 371 g/mol. The highest BCUT2D eigenvalue weighted by atomic mass is 35.5. The lowest BCUT2D eigenvalue weighted by Gasteiger charge is -1.98. The monoisotopic (exact) mass is 380 g/mol. The minimum absolute atomic E-state index is 0.247. The van der Waals surface area contributed by atoms with Crippen molar-refractivity contribution in [1.82, 2.24) is 4.98 Å². The molecule has 0 atom stereocenters. The number of anilines is 1. The summed E-state index contributed by atoms with van der Waals surface area (Å²) in [5, 5.41) is 8.17. The zero-order valence-corrected chi connectivity index (χ0v) is 14.8. The number of nitrogens with one attached hydrogen (secondary N) is 1. The molecule has 0 fully saturated rings. The maximum absolute atomic E-state index is 11.9. The quantitative estimate of drug-likeness (QED) is 0.578. The molecule has 0 radical (unpaired) electrons. The summed E-state index contributed by atoms with van der Waals surface area (Å²) in [6.45, 7) is 0. The molecule has 0 aliphatic carbocycles. The molecular formula is C16H10Cl2N2OS2. The van der Waals surface area contributed by atoms with Gasteiger partial charge in [-0.05, 0) is 35.2 Å². The first kappa shape index (κ1) is 16.2. The van der Waals surface area contributed by atoms with Crippen LogP contribution in [-0.2, 0) is 4.79 Å². The maximum Gasteiger partial charge on any atom is 0.250 e. The van der Waals surface area contributed by atoms with Crippen LogP contribution < -0.4 is 5.32 Å². The van der Waals surface area contributed by atoms with Crippen molar-refractivity contribution in [2.75, 3.05) is 5.32 Å². The summed E-state index contributed by atoms with van der Waals surface area (Å²) in [7, 11) is 0. The Kier molecular flexibility index (Phi) is 5.13. The molecule has 2 heterocycles. The van der Waals surface area contributed by atoms with Gasteiger partial charge >= 0.3 is 0 Å². The number of carbonyl (C=O) groups excluding carboxylic acids is 1. The Bertz CT molecular complexity index is 857. The Morgan fingerprint density at radius 2 is 2.04 bits per heavy atom. The van der Waals surface area contributed by atoms with E-state index in [9.17, 15) is 4.79 Å². The molecule has 7 heteroatoms. The highest BCUT2D eigenvalue weighted by Crippen LogP contribution is 2.28. The van der Waals surface area contributed by atoms with E-state index >= 15 is 0 Å². The number of thiazole rings is 1. The first-order chi connectivity index (χ1) is 11.1. The first-order valence-corrected chi connectivity index (χ1v) is 9.07. The second-order valence-electron chi connectivity index (χ2n) is 4.51. The van der Waals surface area contributed by atoms with E-state index in [1.165, 1.54) is 17.4 Å². The van der Waals surface area contributed by atoms with Crippen LogP contribution in [0.15, 0.2) is 47.2 Å². The van der Waals surface area contributed by atoms with Gasteiger partial charge in [0.25, 0.3) is 0 Å². The van der Waals surface area contributed by atoms with E-state index in [1.807, 2.05) is 22.9 Å². The summed E-state index contributed by atoms with van der Waals surface area (Å²) >= 11 is 14.8. The first-order valence-electron chi connectivity index (χ1n) is 6.55. The lowest BCUT2D eigenvalue weighted by atomic mass is 10.2. The molecule has 0 aliphatic heterocycles. The molecule has 3 rings (SSSR count). The number of rotatable bonds is 4. The van der Waals surface area contributed by atoms with Crippen molar-refractivity contribution in [1.29, 1.82) is 0 Å². The van der Waals surface area contributed by atoms with E-state index in [0.29, 0.717) is 15.2 Å². The van der Waals surface area contributed by atoms with Gasteiger partial charge in [-0.15, -0.1) is 22.7 Å². The number of carbonyl (C=O) groups is 1. The Morgan fingerprint density at radius 3 is 2.78 bits per heavy atom. The molecule has 0 saturated heterocycles. The minimum Gasteiger partial charge on any atom is -0.298 e. The normalized spacial score (nSPS) is 11.0. The summed E-state index contributed by atoms with van der Waals surface area (Å²) in [4.78, 5) is 17.4. The van der Waals surface area contributed by atoms with Gasteiger partial charge in [0.05, 0.1) is 20.6 Å². The fraction of sp³-hybridized carbons (Fsp3) is 0. The predicted molar refractivity (Wildman–Crippen MR) is 99.6 cm³/mol. The van der Waals surface area contributed by atoms with Gasteiger partial charge in [-0.3, -0.25) is 10.1 Å². The van der Waals surface area contributed by atoms with Crippen LogP contribution in [0.25, 0.3) is 16.6 Å². The third-order valence-corrected chi connectivity index (χ3v) is 5.27. The third kappa shape index (κ3) is 4.20. The van der Waals surface area contributed by atoms with E-state index in [-0.39, 0.29) is 5.91 Å². The Morgan fingerprint density at radius 1 is 1.17 bits per heavy atom. The highest BCUT2D eigenvalue weighted by molar-refractivity contribution is 7.16. The zero-order chi connectivity index (χ0) is 16.2. The van der Waals surface area contributed by atoms with Crippen molar-refractivity contribution in [3.63, 3.8) is 0 Å². The van der Waals surface area contributed by atoms with Crippen LogP contribution in [0.3, 0.4) is 0 Å². The van der Waals surface area contributed by atoms with Crippen molar-refractivity contribution in [3.05, 3.63) is 62.8 Å². The largest absolute Gasteiger partial charge is 0.298 e. The topological polar surface area (TPSA) is 42.0 Å². The molecule has 0 saturated carbocycles. The molecule has 0 bridgehead atoms. The van der Waals surface area contributed by atoms with Crippen LogP contribution in [0.5, 0.6) is 0 Å². The minimum atomic E-state index is -0.247. The van der Waals surface area contributed by atoms with Crippen LogP contribution in [-0.4, -0.2) is 10.9 Å². The zero-order valence-electron chi connectivity index (χ0n) is 11.6. The Hall–Kier alpha value is -1.66. The fourth-order valence-corrected chi connectivity index (χ4v) is 3.58. The van der Waals surface area contributed by atoms with Gasteiger partial charge in [-0.1, -0.05) is 35.3 Å². The molecule has 1 N–H and O–H groups in total. The van der Waals surface area contributed by atoms with Crippen LogP contribution in [0, 0.1) is 0 Å². The summed E-state index contributed by atoms with van der Waals surface area (Å²) < 4.78 is 0. The van der Waals surface area contributed by atoms with E-state index in [2.05, 4.69) is 10.3 Å². The van der Waals surface area contributed by atoms with Gasteiger partial charge in [0.1, 0.15) is 0 Å². The van der Waals surface area contributed by atoms with Crippen molar-refractivity contribution in [2.24, 2.45) is 0 Å². The average Bonchev–Trinajstić information content (AvgIpc) is 3.19. The number of nitrogens with zero attached hydrogens (tertiary/aromatic N) is 1. The third-order valence-electron chi connectivity index (χ3n) is 2.88. The average molecular weight is 381 g/mol. The number of halogens is 2. The summed E-state index contributed by atoms with van der Waals surface area (Å²) in [6.07, 6.45) is 3.11. The summed E-state index contributed by atoms with van der Waals surface area (Å²) in [5.41, 5.74) is 1.67. The lowest BCUT2D eigenvalue weighted by Crippen LogP contribution is -2.07. The number of hydrogen-bond donors (Lipinski definition) is 1. The molecule has 3 nitrogen and oxygen atoms in total. The molecule has 0 spiro atoms. The van der Waals surface area contributed by atoms with Crippen LogP contribution in [0.2, 0.25) is 10.0 Å². The van der Waals surface area contributed by atoms with Crippen molar-refractivity contribution in [3.8, 4) is 10.6 Å². The fourth-order valence-electron chi connectivity index (χ4n) is 1.80. The molecule has 0 unspecified atom stereocenters. The molecule has 0 aliphatic rings. The lowest BCUT2D eigenvalue weighted by molar-refractivity contribution is -0.111. The van der Waals surface area contributed by atoms with E-state index in [4.69, 9.17) is 23.2 Å². The van der Waals surface area contributed by atoms with E-state index in [0.717, 1.165) is 16.1 Å². The Labute approximate surface area is 151 Å². The van der Waals surface area contributed by atoms with Gasteiger partial charge in [-0.2, -0.15) is 0 Å². The standard InChI is InChI=1S/C16H10Cl2N2OS2/c17-11-5-3-10(8-12(11)18)4-6-15(21)20-16-19-13(9-23-16)14-2-1-7-22-14/h1-9H,(H,19,20,21). The predicted octanol–water partition coefficient (Wildman–Crippen LogP) is 5.83. The molecule has 1 amide bonds. The van der Waals surface area contributed by atoms with Crippen LogP contribution >= 0.6 is 45.9 Å². The van der Waals surface area contributed by atoms with Crippen molar-refractivity contribution >= 4 is 63.0 Å². The van der Waals surface area contributed by atoms with Gasteiger partial charge in [0, 0.05) is 11.5 Å². The number of aromatic nitrogens is 1. The van der Waals surface area contributed by atoms with E-state index in [1.54, 1.807) is 35.6 Å². The molecule has 116 valence electrons. The molecule has 3 aromatic rings. The SMILES string of the molecule is O=C(C=Cc1ccc(Cl)c(Cl)c1)Nc1nc(-c2cccs2)cs1. The van der Waals surface area contributed by atoms with Gasteiger partial charge < -0.3 is 0 Å². The second-order valence-corrected chi connectivity index (χ2v) is 7.13. The molecule has 1 aromatic carbocycles. The van der Waals surface area contributed by atoms with E-state index < -0.39 is 0 Å². The van der Waals surface area contributed by atoms with Crippen molar-refractivity contribution in [2.45, 2.75) is 0 Å². The number of benzene rings is 1. The summed E-state index contributed by atoms with van der Waals surface area (Å²) in [5.74, 6) is -0.247. The number of amides is 1. The van der Waals surface area contributed by atoms with Gasteiger partial charge in [0.15, 0.2) is 5.13 Å². The van der Waals surface area contributed by atoms with Gasteiger partial charge in [-0.25, -0.2) is 4.98 Å². The summed E-state index contributed by atoms with van der Waals surface area (Å²) in [6, 6.07) is 9.14. The maximum atomic E-state index is 11.9. The second kappa shape index (κ2) is 7.27. The highest BCUT2D eigenvalue weighted by Gasteiger charge is 2.07. The van der Waals surface area contributed by atoms with Gasteiger partial charge in [0.2, 0.25) is 5.91 Å². The Balaban J connectivity index is 1.65. The van der Waals surface area contributed by atoms with Crippen LogP contribution in [0.4, 0.5) is 5.13 Å². The number of hydrogen-bond acceptors (Lipinski definition) is 4. The van der Waals surface area contributed by atoms with Crippen LogP contribution in [0.1, 0.15) is 5.56 Å². The molecule has 2 aromatic heterocycles. The number of thiophene rings is 1.